The molecule has 1 aromatic heterocycles. The first kappa shape index (κ1) is 16.0. The van der Waals surface area contributed by atoms with E-state index in [0.29, 0.717) is 29.9 Å². The number of aliphatic hydroxyl groups excluding tert-OH is 1. The maximum atomic E-state index is 11.8. The van der Waals surface area contributed by atoms with E-state index in [-0.39, 0.29) is 17.9 Å². The summed E-state index contributed by atoms with van der Waals surface area (Å²) in [6.45, 7) is 4.85. The van der Waals surface area contributed by atoms with E-state index in [1.807, 2.05) is 0 Å². The lowest BCUT2D eigenvalue weighted by molar-refractivity contribution is 0.195. The molecule has 3 unspecified atom stereocenters. The first-order chi connectivity index (χ1) is 10.0. The molecule has 1 fully saturated rings. The van der Waals surface area contributed by atoms with Crippen LogP contribution in [-0.2, 0) is 6.54 Å². The number of nitrogens with one attached hydrogen (secondary N) is 1. The molecule has 1 saturated carbocycles. The number of nitrogens with zero attached hydrogens (tertiary/aromatic N) is 1. The number of aromatic amines is 1. The van der Waals surface area contributed by atoms with Gasteiger partial charge >= 0.3 is 5.69 Å². The summed E-state index contributed by atoms with van der Waals surface area (Å²) in [5.74, 6) is 1.80. The van der Waals surface area contributed by atoms with Gasteiger partial charge in [-0.15, -0.1) is 0 Å². The van der Waals surface area contributed by atoms with Crippen molar-refractivity contribution in [3.63, 3.8) is 0 Å². The van der Waals surface area contributed by atoms with Crippen LogP contribution in [0.2, 0.25) is 0 Å². The number of hydrogen-bond acceptors (Lipinski definition) is 3. The third-order valence-electron chi connectivity index (χ3n) is 4.96. The zero-order chi connectivity index (χ0) is 15.4. The van der Waals surface area contributed by atoms with Crippen LogP contribution >= 0.6 is 0 Å². The minimum Gasteiger partial charge on any atom is -0.396 e. The van der Waals surface area contributed by atoms with Crippen molar-refractivity contribution in [2.45, 2.75) is 52.5 Å². The van der Waals surface area contributed by atoms with Crippen molar-refractivity contribution in [1.29, 1.82) is 0 Å². The summed E-state index contributed by atoms with van der Waals surface area (Å²) in [7, 11) is 0. The average molecular weight is 294 g/mol. The van der Waals surface area contributed by atoms with E-state index in [9.17, 15) is 9.59 Å². The van der Waals surface area contributed by atoms with Gasteiger partial charge in [-0.2, -0.15) is 0 Å². The molecule has 5 heteroatoms. The fourth-order valence-corrected chi connectivity index (χ4v) is 3.68. The zero-order valence-electron chi connectivity index (χ0n) is 13.0. The predicted molar refractivity (Wildman–Crippen MR) is 82.4 cm³/mol. The molecule has 1 aromatic rings. The third-order valence-corrected chi connectivity index (χ3v) is 4.96. The van der Waals surface area contributed by atoms with Crippen LogP contribution in [0.15, 0.2) is 15.8 Å². The Labute approximate surface area is 125 Å². The standard InChI is InChI=1S/C16H26N2O3/c1-11(7-9-19)14-5-3-4-13(14)6-8-18-10-12(2)15(20)17-16(18)21/h10-11,13-14,19H,3-9H2,1-2H3,(H,17,20,21). The number of aryl methyl sites for hydroxylation is 2. The van der Waals surface area contributed by atoms with Crippen LogP contribution in [-0.4, -0.2) is 21.3 Å². The Hall–Kier alpha value is -1.36. The summed E-state index contributed by atoms with van der Waals surface area (Å²) < 4.78 is 1.61. The Morgan fingerprint density at radius 2 is 2.19 bits per heavy atom. The van der Waals surface area contributed by atoms with Crippen molar-refractivity contribution in [3.8, 4) is 0 Å². The number of H-pyrrole nitrogens is 1. The average Bonchev–Trinajstić information content (AvgIpc) is 2.90. The SMILES string of the molecule is Cc1cn(CCC2CCCC2C(C)CCO)c(=O)[nH]c1=O. The number of rotatable bonds is 6. The Morgan fingerprint density at radius 1 is 1.43 bits per heavy atom. The van der Waals surface area contributed by atoms with Crippen molar-refractivity contribution in [2.75, 3.05) is 6.61 Å². The van der Waals surface area contributed by atoms with Crippen LogP contribution in [0.3, 0.4) is 0 Å². The number of aromatic nitrogens is 2. The van der Waals surface area contributed by atoms with Crippen molar-refractivity contribution < 1.29 is 5.11 Å². The molecule has 21 heavy (non-hydrogen) atoms. The molecule has 0 aliphatic heterocycles. The van der Waals surface area contributed by atoms with Gasteiger partial charge in [0.25, 0.3) is 5.56 Å². The molecular weight excluding hydrogens is 268 g/mol. The monoisotopic (exact) mass is 294 g/mol. The molecule has 118 valence electrons. The Bertz CT molecular complexity index is 576. The van der Waals surface area contributed by atoms with E-state index in [4.69, 9.17) is 5.11 Å². The fourth-order valence-electron chi connectivity index (χ4n) is 3.68. The van der Waals surface area contributed by atoms with E-state index in [1.165, 1.54) is 19.3 Å². The first-order valence-electron chi connectivity index (χ1n) is 7.94. The molecular formula is C16H26N2O3. The lowest BCUT2D eigenvalue weighted by atomic mass is 9.82. The minimum atomic E-state index is -0.316. The van der Waals surface area contributed by atoms with Crippen molar-refractivity contribution in [3.05, 3.63) is 32.6 Å². The van der Waals surface area contributed by atoms with Gasteiger partial charge in [-0.1, -0.05) is 19.8 Å². The van der Waals surface area contributed by atoms with Crippen molar-refractivity contribution in [2.24, 2.45) is 17.8 Å². The Morgan fingerprint density at radius 3 is 2.90 bits per heavy atom. The van der Waals surface area contributed by atoms with Crippen LogP contribution in [0.4, 0.5) is 0 Å². The van der Waals surface area contributed by atoms with E-state index < -0.39 is 0 Å². The lowest BCUT2D eigenvalue weighted by Crippen LogP contribution is -2.31. The fraction of sp³-hybridized carbons (Fsp3) is 0.750. The van der Waals surface area contributed by atoms with Crippen LogP contribution < -0.4 is 11.2 Å². The van der Waals surface area contributed by atoms with Gasteiger partial charge in [0.2, 0.25) is 0 Å². The summed E-state index contributed by atoms with van der Waals surface area (Å²) in [6.07, 6.45) is 7.15. The van der Waals surface area contributed by atoms with E-state index in [2.05, 4.69) is 11.9 Å². The van der Waals surface area contributed by atoms with Gasteiger partial charge in [0.1, 0.15) is 0 Å². The molecule has 0 radical (unpaired) electrons. The summed E-state index contributed by atoms with van der Waals surface area (Å²) in [4.78, 5) is 25.5. The smallest absolute Gasteiger partial charge is 0.328 e. The zero-order valence-corrected chi connectivity index (χ0v) is 13.0. The van der Waals surface area contributed by atoms with E-state index in [1.54, 1.807) is 17.7 Å². The number of aliphatic hydroxyl groups is 1. The molecule has 1 aliphatic carbocycles. The second kappa shape index (κ2) is 7.07. The molecule has 2 N–H and O–H groups in total. The maximum absolute atomic E-state index is 11.8. The Balaban J connectivity index is 2.01. The lowest BCUT2D eigenvalue weighted by Gasteiger charge is -2.25. The van der Waals surface area contributed by atoms with Crippen LogP contribution in [0, 0.1) is 24.7 Å². The van der Waals surface area contributed by atoms with Gasteiger partial charge in [-0.3, -0.25) is 9.78 Å². The summed E-state index contributed by atoms with van der Waals surface area (Å²) in [5.41, 5.74) is -0.0404. The van der Waals surface area contributed by atoms with Gasteiger partial charge in [-0.25, -0.2) is 4.79 Å². The summed E-state index contributed by atoms with van der Waals surface area (Å²) in [6, 6.07) is 0. The maximum Gasteiger partial charge on any atom is 0.328 e. The highest BCUT2D eigenvalue weighted by Gasteiger charge is 2.30. The van der Waals surface area contributed by atoms with E-state index in [0.717, 1.165) is 12.8 Å². The molecule has 0 saturated heterocycles. The third kappa shape index (κ3) is 3.84. The Kier molecular flexibility index (Phi) is 5.39. The highest BCUT2D eigenvalue weighted by Crippen LogP contribution is 2.40. The second-order valence-electron chi connectivity index (χ2n) is 6.40. The topological polar surface area (TPSA) is 75.1 Å². The van der Waals surface area contributed by atoms with Gasteiger partial charge in [0.05, 0.1) is 0 Å². The van der Waals surface area contributed by atoms with Crippen molar-refractivity contribution in [1.82, 2.24) is 9.55 Å². The molecule has 5 nitrogen and oxygen atoms in total. The van der Waals surface area contributed by atoms with Gasteiger partial charge in [0.15, 0.2) is 0 Å². The molecule has 0 bridgehead atoms. The van der Waals surface area contributed by atoms with Crippen LogP contribution in [0.25, 0.3) is 0 Å². The van der Waals surface area contributed by atoms with Gasteiger partial charge in [-0.05, 0) is 43.9 Å². The molecule has 0 spiro atoms. The van der Waals surface area contributed by atoms with Gasteiger partial charge in [0, 0.05) is 24.9 Å². The van der Waals surface area contributed by atoms with Crippen LogP contribution in [0.5, 0.6) is 0 Å². The summed E-state index contributed by atoms with van der Waals surface area (Å²) >= 11 is 0. The molecule has 2 rings (SSSR count). The molecule has 3 atom stereocenters. The predicted octanol–water partition coefficient (Wildman–Crippen LogP) is 1.67. The van der Waals surface area contributed by atoms with Crippen molar-refractivity contribution >= 4 is 0 Å². The minimum absolute atomic E-state index is 0.253. The highest BCUT2D eigenvalue weighted by molar-refractivity contribution is 5.00. The van der Waals surface area contributed by atoms with Gasteiger partial charge < -0.3 is 9.67 Å². The normalized spacial score (nSPS) is 23.4. The summed E-state index contributed by atoms with van der Waals surface area (Å²) in [5, 5.41) is 9.10. The molecule has 0 amide bonds. The number of hydrogen-bond donors (Lipinski definition) is 2. The first-order valence-corrected chi connectivity index (χ1v) is 7.94. The largest absolute Gasteiger partial charge is 0.396 e. The molecule has 1 heterocycles. The van der Waals surface area contributed by atoms with Crippen LogP contribution in [0.1, 0.15) is 44.6 Å². The molecule has 0 aromatic carbocycles. The molecule has 1 aliphatic rings. The second-order valence-corrected chi connectivity index (χ2v) is 6.40. The van der Waals surface area contributed by atoms with E-state index >= 15 is 0 Å². The highest BCUT2D eigenvalue weighted by atomic mass is 16.3. The quantitative estimate of drug-likeness (QED) is 0.838.